The van der Waals surface area contributed by atoms with Crippen molar-refractivity contribution in [2.75, 3.05) is 19.7 Å². The molecule has 0 fully saturated rings. The molecule has 0 aliphatic heterocycles. The monoisotopic (exact) mass is 203 g/mol. The van der Waals surface area contributed by atoms with E-state index in [1.54, 1.807) is 0 Å². The van der Waals surface area contributed by atoms with Gasteiger partial charge in [-0.05, 0) is 17.8 Å². The van der Waals surface area contributed by atoms with Crippen LogP contribution in [0.2, 0.25) is 0 Å². The van der Waals surface area contributed by atoms with Gasteiger partial charge in [-0.2, -0.15) is 0 Å². The Morgan fingerprint density at radius 1 is 1.29 bits per heavy atom. The van der Waals surface area contributed by atoms with Crippen LogP contribution in [0.1, 0.15) is 34.1 Å². The Morgan fingerprint density at radius 3 is 2.29 bits per heavy atom. The molecule has 1 unspecified atom stereocenters. The van der Waals surface area contributed by atoms with Crippen LogP contribution in [0, 0.1) is 11.3 Å². The summed E-state index contributed by atoms with van der Waals surface area (Å²) in [5, 5.41) is 20.9. The van der Waals surface area contributed by atoms with Gasteiger partial charge in [0.1, 0.15) is 0 Å². The van der Waals surface area contributed by atoms with E-state index >= 15 is 0 Å². The lowest BCUT2D eigenvalue weighted by Crippen LogP contribution is -2.36. The van der Waals surface area contributed by atoms with Crippen molar-refractivity contribution < 1.29 is 10.2 Å². The zero-order valence-corrected chi connectivity index (χ0v) is 9.88. The Kier molecular flexibility index (Phi) is 6.33. The molecule has 0 saturated carbocycles. The second kappa shape index (κ2) is 6.38. The highest BCUT2D eigenvalue weighted by atomic mass is 16.3. The van der Waals surface area contributed by atoms with Crippen LogP contribution in [0.3, 0.4) is 0 Å². The molecule has 86 valence electrons. The van der Waals surface area contributed by atoms with Gasteiger partial charge in [0, 0.05) is 13.1 Å². The quantitative estimate of drug-likeness (QED) is 0.578. The molecule has 0 bridgehead atoms. The van der Waals surface area contributed by atoms with Gasteiger partial charge in [-0.25, -0.2) is 0 Å². The van der Waals surface area contributed by atoms with Crippen molar-refractivity contribution in [2.24, 2.45) is 11.3 Å². The number of aliphatic hydroxyl groups is 2. The second-order valence-corrected chi connectivity index (χ2v) is 5.23. The molecule has 0 heterocycles. The largest absolute Gasteiger partial charge is 0.394 e. The zero-order chi connectivity index (χ0) is 11.2. The fourth-order valence-corrected chi connectivity index (χ4v) is 1.82. The third-order valence-corrected chi connectivity index (χ3v) is 2.16. The van der Waals surface area contributed by atoms with Gasteiger partial charge >= 0.3 is 0 Å². The summed E-state index contributed by atoms with van der Waals surface area (Å²) in [4.78, 5) is 0. The topological polar surface area (TPSA) is 52.5 Å². The maximum absolute atomic E-state index is 9.12. The molecule has 0 saturated heterocycles. The maximum Gasteiger partial charge on any atom is 0.0894 e. The normalized spacial score (nSPS) is 14.8. The van der Waals surface area contributed by atoms with Crippen molar-refractivity contribution in [3.63, 3.8) is 0 Å². The Bertz CT molecular complexity index is 146. The average Bonchev–Trinajstić information content (AvgIpc) is 2.01. The fraction of sp³-hybridized carbons (Fsp3) is 1.00. The number of hydrogen-bond donors (Lipinski definition) is 3. The molecule has 0 aromatic heterocycles. The van der Waals surface area contributed by atoms with E-state index in [4.69, 9.17) is 10.2 Å². The van der Waals surface area contributed by atoms with Crippen LogP contribution in [0.15, 0.2) is 0 Å². The van der Waals surface area contributed by atoms with Crippen molar-refractivity contribution in [1.29, 1.82) is 0 Å². The lowest BCUT2D eigenvalue weighted by atomic mass is 9.84. The summed E-state index contributed by atoms with van der Waals surface area (Å²) in [7, 11) is 0. The number of nitrogens with one attached hydrogen (secondary N) is 1. The molecule has 3 nitrogen and oxygen atoms in total. The standard InChI is InChI=1S/C11H25NO2/c1-9(2)5-11(3,4)8-12-6-10(14)7-13/h9-10,12-14H,5-8H2,1-4H3. The Balaban J connectivity index is 3.65. The van der Waals surface area contributed by atoms with Gasteiger partial charge in [0.25, 0.3) is 0 Å². The summed E-state index contributed by atoms with van der Waals surface area (Å²) in [6.45, 7) is 10.0. The molecule has 0 radical (unpaired) electrons. The van der Waals surface area contributed by atoms with Crippen molar-refractivity contribution in [3.8, 4) is 0 Å². The third-order valence-electron chi connectivity index (χ3n) is 2.16. The molecular weight excluding hydrogens is 178 g/mol. The van der Waals surface area contributed by atoms with Gasteiger partial charge in [0.15, 0.2) is 0 Å². The number of rotatable bonds is 7. The maximum atomic E-state index is 9.12. The van der Waals surface area contributed by atoms with E-state index in [1.807, 2.05) is 0 Å². The van der Waals surface area contributed by atoms with Gasteiger partial charge in [-0.1, -0.05) is 27.7 Å². The minimum atomic E-state index is -0.634. The molecule has 0 aliphatic rings. The highest BCUT2D eigenvalue weighted by Crippen LogP contribution is 2.23. The molecule has 3 heteroatoms. The SMILES string of the molecule is CC(C)CC(C)(C)CNCC(O)CO. The van der Waals surface area contributed by atoms with Gasteiger partial charge in [0.2, 0.25) is 0 Å². The summed E-state index contributed by atoms with van der Waals surface area (Å²) >= 11 is 0. The van der Waals surface area contributed by atoms with Crippen LogP contribution in [0.5, 0.6) is 0 Å². The Hall–Kier alpha value is -0.120. The van der Waals surface area contributed by atoms with Crippen LogP contribution in [-0.2, 0) is 0 Å². The zero-order valence-electron chi connectivity index (χ0n) is 9.88. The first-order valence-electron chi connectivity index (χ1n) is 5.37. The molecule has 0 spiro atoms. The average molecular weight is 203 g/mol. The molecule has 0 rings (SSSR count). The van der Waals surface area contributed by atoms with Gasteiger partial charge in [-0.15, -0.1) is 0 Å². The first-order valence-corrected chi connectivity index (χ1v) is 5.37. The number of aliphatic hydroxyl groups excluding tert-OH is 2. The van der Waals surface area contributed by atoms with E-state index < -0.39 is 6.10 Å². The summed E-state index contributed by atoms with van der Waals surface area (Å²) in [5.74, 6) is 0.689. The molecule has 0 aromatic rings. The highest BCUT2D eigenvalue weighted by molar-refractivity contribution is 4.73. The smallest absolute Gasteiger partial charge is 0.0894 e. The third kappa shape index (κ3) is 7.30. The minimum absolute atomic E-state index is 0.169. The molecule has 3 N–H and O–H groups in total. The predicted octanol–water partition coefficient (Wildman–Crippen LogP) is 1.00. The van der Waals surface area contributed by atoms with Crippen LogP contribution in [0.4, 0.5) is 0 Å². The molecule has 0 aromatic carbocycles. The first-order chi connectivity index (χ1) is 6.37. The van der Waals surface area contributed by atoms with Crippen LogP contribution in [0.25, 0.3) is 0 Å². The summed E-state index contributed by atoms with van der Waals surface area (Å²) in [5.41, 5.74) is 0.253. The fourth-order valence-electron chi connectivity index (χ4n) is 1.82. The van der Waals surface area contributed by atoms with E-state index in [-0.39, 0.29) is 12.0 Å². The van der Waals surface area contributed by atoms with Crippen LogP contribution < -0.4 is 5.32 Å². The van der Waals surface area contributed by atoms with Crippen LogP contribution in [-0.4, -0.2) is 36.0 Å². The second-order valence-electron chi connectivity index (χ2n) is 5.23. The lowest BCUT2D eigenvalue weighted by molar-refractivity contribution is 0.0913. The van der Waals surface area contributed by atoms with E-state index in [1.165, 1.54) is 0 Å². The van der Waals surface area contributed by atoms with Crippen molar-refractivity contribution >= 4 is 0 Å². The Labute approximate surface area is 87.5 Å². The first kappa shape index (κ1) is 13.9. The Morgan fingerprint density at radius 2 is 1.86 bits per heavy atom. The summed E-state index contributed by atoms with van der Waals surface area (Å²) in [6.07, 6.45) is 0.528. The molecule has 1 atom stereocenters. The van der Waals surface area contributed by atoms with E-state index in [9.17, 15) is 0 Å². The summed E-state index contributed by atoms with van der Waals surface area (Å²) < 4.78 is 0. The molecule has 14 heavy (non-hydrogen) atoms. The van der Waals surface area contributed by atoms with Crippen LogP contribution >= 0.6 is 0 Å². The van der Waals surface area contributed by atoms with Gasteiger partial charge in [0.05, 0.1) is 12.7 Å². The van der Waals surface area contributed by atoms with Crippen molar-refractivity contribution in [3.05, 3.63) is 0 Å². The van der Waals surface area contributed by atoms with E-state index in [0.717, 1.165) is 13.0 Å². The number of hydrogen-bond acceptors (Lipinski definition) is 3. The van der Waals surface area contributed by atoms with Crippen molar-refractivity contribution in [2.45, 2.75) is 40.2 Å². The van der Waals surface area contributed by atoms with Gasteiger partial charge in [-0.3, -0.25) is 0 Å². The lowest BCUT2D eigenvalue weighted by Gasteiger charge is -2.27. The highest BCUT2D eigenvalue weighted by Gasteiger charge is 2.19. The molecule has 0 aliphatic carbocycles. The predicted molar refractivity (Wildman–Crippen MR) is 59.2 cm³/mol. The molecular formula is C11H25NO2. The van der Waals surface area contributed by atoms with Gasteiger partial charge < -0.3 is 15.5 Å². The minimum Gasteiger partial charge on any atom is -0.394 e. The van der Waals surface area contributed by atoms with E-state index in [2.05, 4.69) is 33.0 Å². The summed E-state index contributed by atoms with van der Waals surface area (Å²) in [6, 6.07) is 0. The van der Waals surface area contributed by atoms with Crippen molar-refractivity contribution in [1.82, 2.24) is 5.32 Å². The molecule has 0 amide bonds. The van der Waals surface area contributed by atoms with E-state index in [0.29, 0.717) is 12.5 Å².